The molecule has 5 nitrogen and oxygen atoms in total. The maximum absolute atomic E-state index is 14.6. The number of halogens is 2. The zero-order valence-corrected chi connectivity index (χ0v) is 21.0. The first-order valence-corrected chi connectivity index (χ1v) is 12.0. The number of aromatic nitrogens is 1. The topological polar surface area (TPSA) is 44.5 Å². The summed E-state index contributed by atoms with van der Waals surface area (Å²) in [6, 6.07) is 22.0. The molecular weight excluding hydrogens is 515 g/mol. The van der Waals surface area contributed by atoms with E-state index in [1.807, 2.05) is 72.4 Å². The molecule has 1 saturated heterocycles. The number of furan rings is 1. The third-order valence-corrected chi connectivity index (χ3v) is 6.67. The molecule has 0 aliphatic carbocycles. The molecule has 1 N–H and O–H groups in total. The molecule has 4 aromatic rings. The van der Waals surface area contributed by atoms with E-state index < -0.39 is 0 Å². The number of benzene rings is 2. The van der Waals surface area contributed by atoms with E-state index in [2.05, 4.69) is 26.2 Å². The fourth-order valence-corrected chi connectivity index (χ4v) is 4.86. The van der Waals surface area contributed by atoms with E-state index in [0.717, 1.165) is 17.1 Å². The van der Waals surface area contributed by atoms with Crippen LogP contribution >= 0.6 is 28.1 Å². The van der Waals surface area contributed by atoms with Gasteiger partial charge in [0, 0.05) is 36.1 Å². The highest BCUT2D eigenvalue weighted by Crippen LogP contribution is 2.43. The van der Waals surface area contributed by atoms with Crippen molar-refractivity contribution in [2.45, 2.75) is 12.1 Å². The molecule has 1 fully saturated rings. The number of hydrogen-bond acceptors (Lipinski definition) is 4. The zero-order chi connectivity index (χ0) is 23.8. The number of thiocarbonyl (C=S) groups is 1. The lowest BCUT2D eigenvalue weighted by atomic mass is 10.0. The molecule has 0 amide bonds. The molecular formula is C26H22BrFN4OS. The second kappa shape index (κ2) is 9.19. The summed E-state index contributed by atoms with van der Waals surface area (Å²) in [6.45, 7) is 0. The van der Waals surface area contributed by atoms with Crippen LogP contribution in [0, 0.1) is 5.82 Å². The number of nitrogens with one attached hydrogen (secondary N) is 1. The summed E-state index contributed by atoms with van der Waals surface area (Å²) >= 11 is 9.07. The molecule has 0 saturated carbocycles. The Morgan fingerprint density at radius 3 is 2.53 bits per heavy atom. The summed E-state index contributed by atoms with van der Waals surface area (Å²) in [5.41, 5.74) is 3.26. The molecule has 8 heteroatoms. The Labute approximate surface area is 211 Å². The van der Waals surface area contributed by atoms with Crippen LogP contribution < -0.4 is 15.1 Å². The Kier molecular flexibility index (Phi) is 6.10. The van der Waals surface area contributed by atoms with Crippen LogP contribution in [0.5, 0.6) is 0 Å². The van der Waals surface area contributed by atoms with E-state index in [-0.39, 0.29) is 17.9 Å². The van der Waals surface area contributed by atoms with E-state index in [0.29, 0.717) is 26.7 Å². The van der Waals surface area contributed by atoms with Gasteiger partial charge in [-0.2, -0.15) is 0 Å². The highest BCUT2D eigenvalue weighted by atomic mass is 79.9. The van der Waals surface area contributed by atoms with Gasteiger partial charge in [0.2, 0.25) is 0 Å². The number of nitrogens with zero attached hydrogens (tertiary/aromatic N) is 3. The first-order chi connectivity index (χ1) is 16.4. The maximum Gasteiger partial charge on any atom is 0.174 e. The van der Waals surface area contributed by atoms with Gasteiger partial charge in [-0.05, 0) is 78.9 Å². The summed E-state index contributed by atoms with van der Waals surface area (Å²) in [6.07, 6.45) is 1.76. The van der Waals surface area contributed by atoms with Crippen LogP contribution in [0.15, 0.2) is 87.9 Å². The van der Waals surface area contributed by atoms with Gasteiger partial charge in [0.05, 0.1) is 17.3 Å². The molecule has 5 rings (SSSR count). The summed E-state index contributed by atoms with van der Waals surface area (Å²) in [5, 5.41) is 3.99. The number of anilines is 2. The van der Waals surface area contributed by atoms with Crippen molar-refractivity contribution in [2.75, 3.05) is 23.9 Å². The van der Waals surface area contributed by atoms with E-state index >= 15 is 0 Å². The Hall–Kier alpha value is -3.23. The lowest BCUT2D eigenvalue weighted by Crippen LogP contribution is -2.29. The summed E-state index contributed by atoms with van der Waals surface area (Å²) in [4.78, 5) is 8.64. The average Bonchev–Trinajstić information content (AvgIpc) is 3.44. The van der Waals surface area contributed by atoms with Gasteiger partial charge in [-0.25, -0.2) is 4.39 Å². The number of pyridine rings is 1. The number of hydrogen-bond donors (Lipinski definition) is 1. The van der Waals surface area contributed by atoms with Crippen molar-refractivity contribution in [1.82, 2.24) is 10.3 Å². The van der Waals surface area contributed by atoms with Gasteiger partial charge in [-0.3, -0.25) is 4.98 Å². The smallest absolute Gasteiger partial charge is 0.174 e. The monoisotopic (exact) mass is 536 g/mol. The van der Waals surface area contributed by atoms with Crippen molar-refractivity contribution in [3.05, 3.63) is 101 Å². The second-order valence-electron chi connectivity index (χ2n) is 8.23. The van der Waals surface area contributed by atoms with Gasteiger partial charge in [-0.15, -0.1) is 0 Å². The van der Waals surface area contributed by atoms with Gasteiger partial charge in [-0.1, -0.05) is 22.0 Å². The fourth-order valence-electron chi connectivity index (χ4n) is 4.18. The van der Waals surface area contributed by atoms with Gasteiger partial charge >= 0.3 is 0 Å². The Morgan fingerprint density at radius 2 is 1.85 bits per heavy atom. The average molecular weight is 537 g/mol. The summed E-state index contributed by atoms with van der Waals surface area (Å²) < 4.78 is 21.6. The highest BCUT2D eigenvalue weighted by molar-refractivity contribution is 9.10. The largest absolute Gasteiger partial charge is 0.459 e. The van der Waals surface area contributed by atoms with Crippen LogP contribution in [-0.4, -0.2) is 24.2 Å². The SMILES string of the molecule is CN(C)c1ccc(N2C(=S)N[C@@H](c3ccccn3)[C@@H]2c2ccc(-c3ccc(Br)cc3F)o2)cc1. The van der Waals surface area contributed by atoms with Crippen LogP contribution in [0.1, 0.15) is 23.5 Å². The maximum atomic E-state index is 14.6. The van der Waals surface area contributed by atoms with E-state index in [9.17, 15) is 4.39 Å². The standard InChI is InChI=1S/C26H22BrFN4OS/c1-31(2)17-7-9-18(10-8-17)32-25(24(30-26(32)34)21-5-3-4-14-29-21)23-13-12-22(33-23)19-11-6-16(27)15-20(19)28/h3-15,24-25H,1-2H3,(H,30,34)/t24-,25-/m0/s1. The Balaban J connectivity index is 1.58. The minimum atomic E-state index is -0.354. The van der Waals surface area contributed by atoms with Crippen LogP contribution in [0.25, 0.3) is 11.3 Å². The van der Waals surface area contributed by atoms with Crippen LogP contribution in [0.4, 0.5) is 15.8 Å². The van der Waals surface area contributed by atoms with Crippen molar-refractivity contribution in [3.63, 3.8) is 0 Å². The molecule has 34 heavy (non-hydrogen) atoms. The third kappa shape index (κ3) is 4.19. The molecule has 2 aromatic heterocycles. The van der Waals surface area contributed by atoms with Crippen molar-refractivity contribution in [1.29, 1.82) is 0 Å². The fraction of sp³-hybridized carbons (Fsp3) is 0.154. The lowest BCUT2D eigenvalue weighted by Gasteiger charge is -2.26. The minimum absolute atomic E-state index is 0.240. The molecule has 0 unspecified atom stereocenters. The zero-order valence-electron chi connectivity index (χ0n) is 18.6. The molecule has 0 bridgehead atoms. The Morgan fingerprint density at radius 1 is 1.06 bits per heavy atom. The highest BCUT2D eigenvalue weighted by Gasteiger charge is 2.42. The predicted molar refractivity (Wildman–Crippen MR) is 141 cm³/mol. The van der Waals surface area contributed by atoms with Crippen molar-refractivity contribution in [2.24, 2.45) is 0 Å². The third-order valence-electron chi connectivity index (χ3n) is 5.86. The summed E-state index contributed by atoms with van der Waals surface area (Å²) in [7, 11) is 4.01. The van der Waals surface area contributed by atoms with Gasteiger partial charge in [0.1, 0.15) is 23.4 Å². The number of rotatable bonds is 5. The van der Waals surface area contributed by atoms with Crippen LogP contribution in [0.2, 0.25) is 0 Å². The van der Waals surface area contributed by atoms with Crippen molar-refractivity contribution in [3.8, 4) is 11.3 Å². The molecule has 0 spiro atoms. The first kappa shape index (κ1) is 22.6. The van der Waals surface area contributed by atoms with E-state index in [1.165, 1.54) is 6.07 Å². The van der Waals surface area contributed by atoms with Gasteiger partial charge in [0.15, 0.2) is 5.11 Å². The van der Waals surface area contributed by atoms with Crippen molar-refractivity contribution >= 4 is 44.6 Å². The normalized spacial score (nSPS) is 17.6. The quantitative estimate of drug-likeness (QED) is 0.294. The molecule has 172 valence electrons. The molecule has 1 aliphatic heterocycles. The Bertz CT molecular complexity index is 1330. The van der Waals surface area contributed by atoms with E-state index in [4.69, 9.17) is 16.6 Å². The van der Waals surface area contributed by atoms with Gasteiger partial charge in [0.25, 0.3) is 0 Å². The molecule has 3 heterocycles. The van der Waals surface area contributed by atoms with E-state index in [1.54, 1.807) is 24.4 Å². The second-order valence-corrected chi connectivity index (χ2v) is 9.54. The van der Waals surface area contributed by atoms with Crippen molar-refractivity contribution < 1.29 is 8.81 Å². The molecule has 0 radical (unpaired) electrons. The molecule has 2 atom stereocenters. The first-order valence-electron chi connectivity index (χ1n) is 10.8. The molecule has 2 aromatic carbocycles. The minimum Gasteiger partial charge on any atom is -0.459 e. The lowest BCUT2D eigenvalue weighted by molar-refractivity contribution is 0.438. The van der Waals surface area contributed by atoms with Crippen LogP contribution in [0.3, 0.4) is 0 Å². The summed E-state index contributed by atoms with van der Waals surface area (Å²) in [5.74, 6) is 0.769. The van der Waals surface area contributed by atoms with Gasteiger partial charge < -0.3 is 19.5 Å². The predicted octanol–water partition coefficient (Wildman–Crippen LogP) is 6.49. The van der Waals surface area contributed by atoms with Crippen LogP contribution in [-0.2, 0) is 0 Å². The molecule has 1 aliphatic rings.